The summed E-state index contributed by atoms with van der Waals surface area (Å²) >= 11 is 3.30. The summed E-state index contributed by atoms with van der Waals surface area (Å²) in [7, 11) is 0. The van der Waals surface area contributed by atoms with Gasteiger partial charge < -0.3 is 33.2 Å². The molecule has 2 heterocycles. The lowest BCUT2D eigenvalue weighted by Crippen LogP contribution is -2.52. The summed E-state index contributed by atoms with van der Waals surface area (Å²) in [5.74, 6) is -0.589. The minimum Gasteiger partial charge on any atom is -0.378 e. The van der Waals surface area contributed by atoms with Crippen molar-refractivity contribution in [2.24, 2.45) is 0 Å². The lowest BCUT2D eigenvalue weighted by molar-refractivity contribution is -0.188. The van der Waals surface area contributed by atoms with Crippen molar-refractivity contribution < 1.29 is 33.2 Å². The van der Waals surface area contributed by atoms with Gasteiger partial charge in [-0.2, -0.15) is 0 Å². The van der Waals surface area contributed by atoms with Crippen LogP contribution in [0.3, 0.4) is 0 Å². The molecule has 7 nitrogen and oxygen atoms in total. The van der Waals surface area contributed by atoms with Gasteiger partial charge in [-0.25, -0.2) is 0 Å². The zero-order chi connectivity index (χ0) is 18.0. The van der Waals surface area contributed by atoms with E-state index >= 15 is 0 Å². The van der Waals surface area contributed by atoms with Crippen LogP contribution in [0, 0.1) is 0 Å². The first kappa shape index (κ1) is 21.5. The molecule has 8 heteroatoms. The summed E-state index contributed by atoms with van der Waals surface area (Å²) in [5.41, 5.74) is -0.500. The van der Waals surface area contributed by atoms with Gasteiger partial charge in [0.25, 0.3) is 0 Å². The third kappa shape index (κ3) is 7.38. The van der Waals surface area contributed by atoms with Gasteiger partial charge in [-0.05, 0) is 13.8 Å². The Morgan fingerprint density at radius 2 is 1.52 bits per heavy atom. The summed E-state index contributed by atoms with van der Waals surface area (Å²) in [6, 6.07) is 0. The molecule has 0 aromatic carbocycles. The van der Waals surface area contributed by atoms with E-state index in [1.165, 1.54) is 0 Å². The van der Waals surface area contributed by atoms with Gasteiger partial charge in [0.2, 0.25) is 0 Å². The van der Waals surface area contributed by atoms with E-state index in [0.29, 0.717) is 66.1 Å². The van der Waals surface area contributed by atoms with Gasteiger partial charge in [0.1, 0.15) is 5.60 Å². The van der Waals surface area contributed by atoms with E-state index < -0.39 is 11.4 Å². The summed E-state index contributed by atoms with van der Waals surface area (Å²) in [5, 5.41) is 0.846. The maximum Gasteiger partial charge on any atom is 0.164 e. The van der Waals surface area contributed by atoms with Gasteiger partial charge in [0, 0.05) is 18.4 Å². The third-order valence-corrected chi connectivity index (χ3v) is 4.34. The number of halogens is 1. The fourth-order valence-corrected chi connectivity index (χ4v) is 3.26. The molecule has 0 amide bonds. The smallest absolute Gasteiger partial charge is 0.164 e. The Morgan fingerprint density at radius 1 is 0.920 bits per heavy atom. The van der Waals surface area contributed by atoms with Crippen LogP contribution in [0.4, 0.5) is 0 Å². The van der Waals surface area contributed by atoms with Crippen LogP contribution >= 0.6 is 15.9 Å². The van der Waals surface area contributed by atoms with Crippen LogP contribution in [0.1, 0.15) is 20.3 Å². The second-order valence-electron chi connectivity index (χ2n) is 6.59. The van der Waals surface area contributed by atoms with Crippen molar-refractivity contribution in [2.45, 2.75) is 37.8 Å². The van der Waals surface area contributed by atoms with Crippen LogP contribution in [-0.2, 0) is 33.2 Å². The van der Waals surface area contributed by atoms with Crippen molar-refractivity contribution in [3.63, 3.8) is 0 Å². The van der Waals surface area contributed by atoms with Crippen molar-refractivity contribution in [1.29, 1.82) is 0 Å². The Morgan fingerprint density at radius 3 is 2.16 bits per heavy atom. The second-order valence-corrected chi connectivity index (χ2v) is 7.39. The first-order valence-electron chi connectivity index (χ1n) is 8.91. The monoisotopic (exact) mass is 426 g/mol. The molecule has 0 aromatic heterocycles. The van der Waals surface area contributed by atoms with Crippen molar-refractivity contribution in [2.75, 3.05) is 71.4 Å². The van der Waals surface area contributed by atoms with Crippen LogP contribution < -0.4 is 0 Å². The molecule has 25 heavy (non-hydrogen) atoms. The number of hydrogen-bond acceptors (Lipinski definition) is 7. The molecule has 2 atom stereocenters. The fraction of sp³-hybridized carbons (Fsp3) is 1.00. The Kier molecular flexibility index (Phi) is 9.58. The average Bonchev–Trinajstić information content (AvgIpc) is 2.86. The van der Waals surface area contributed by atoms with Gasteiger partial charge in [-0.1, -0.05) is 15.9 Å². The molecule has 148 valence electrons. The minimum absolute atomic E-state index is 0.0253. The number of fused-ring (bicyclic) bond motifs is 1. The Labute approximate surface area is 158 Å². The average molecular weight is 427 g/mol. The zero-order valence-corrected chi connectivity index (χ0v) is 16.9. The number of hydrogen-bond donors (Lipinski definition) is 0. The van der Waals surface area contributed by atoms with E-state index in [1.54, 1.807) is 0 Å². The van der Waals surface area contributed by atoms with E-state index in [2.05, 4.69) is 15.9 Å². The molecule has 2 unspecified atom stereocenters. The summed E-state index contributed by atoms with van der Waals surface area (Å²) in [4.78, 5) is 0. The first-order valence-corrected chi connectivity index (χ1v) is 10.0. The lowest BCUT2D eigenvalue weighted by atomic mass is 9.94. The van der Waals surface area contributed by atoms with Crippen molar-refractivity contribution in [3.05, 3.63) is 0 Å². The van der Waals surface area contributed by atoms with E-state index in [4.69, 9.17) is 33.2 Å². The SMILES string of the molecule is CC1(C)OC2CCOCC2(COCCOCCOCCOCCBr)O1. The van der Waals surface area contributed by atoms with E-state index in [9.17, 15) is 0 Å². The summed E-state index contributed by atoms with van der Waals surface area (Å²) in [6.07, 6.45) is 0.859. The maximum atomic E-state index is 6.09. The maximum absolute atomic E-state index is 6.09. The highest BCUT2D eigenvalue weighted by atomic mass is 79.9. The molecule has 0 bridgehead atoms. The van der Waals surface area contributed by atoms with Gasteiger partial charge in [0.15, 0.2) is 5.79 Å². The molecule has 0 spiro atoms. The van der Waals surface area contributed by atoms with Crippen LogP contribution in [0.25, 0.3) is 0 Å². The Hall–Kier alpha value is 0.200. The van der Waals surface area contributed by atoms with Gasteiger partial charge in [-0.15, -0.1) is 0 Å². The highest BCUT2D eigenvalue weighted by Crippen LogP contribution is 2.40. The molecule has 2 aliphatic rings. The summed E-state index contributed by atoms with van der Waals surface area (Å²) < 4.78 is 39.6. The molecule has 2 rings (SSSR count). The standard InChI is InChI=1S/C17H31BrO7/c1-16(2)24-15-3-5-22-13-17(15,25-16)14-23-12-11-21-10-9-20-8-7-19-6-4-18/h15H,3-14H2,1-2H3. The highest BCUT2D eigenvalue weighted by Gasteiger charge is 2.55. The second kappa shape index (κ2) is 11.1. The Balaban J connectivity index is 1.49. The Bertz CT molecular complexity index is 369. The molecule has 2 fully saturated rings. The molecule has 0 aliphatic carbocycles. The van der Waals surface area contributed by atoms with Crippen molar-refractivity contribution in [3.8, 4) is 0 Å². The molecule has 2 saturated heterocycles. The van der Waals surface area contributed by atoms with Crippen LogP contribution in [0.15, 0.2) is 0 Å². The van der Waals surface area contributed by atoms with Gasteiger partial charge in [0.05, 0.1) is 65.6 Å². The summed E-state index contributed by atoms with van der Waals surface area (Å²) in [6.45, 7) is 9.56. The largest absolute Gasteiger partial charge is 0.378 e. The fourth-order valence-electron chi connectivity index (χ4n) is 3.03. The third-order valence-electron chi connectivity index (χ3n) is 4.02. The van der Waals surface area contributed by atoms with Crippen molar-refractivity contribution >= 4 is 15.9 Å². The molecular weight excluding hydrogens is 396 g/mol. The molecule has 0 saturated carbocycles. The lowest BCUT2D eigenvalue weighted by Gasteiger charge is -2.36. The zero-order valence-electron chi connectivity index (χ0n) is 15.3. The normalized spacial score (nSPS) is 28.2. The minimum atomic E-state index is -0.589. The van der Waals surface area contributed by atoms with Gasteiger partial charge >= 0.3 is 0 Å². The van der Waals surface area contributed by atoms with Crippen LogP contribution in [-0.4, -0.2) is 88.9 Å². The molecule has 2 aliphatic heterocycles. The number of ether oxygens (including phenoxy) is 7. The van der Waals surface area contributed by atoms with E-state index in [0.717, 1.165) is 11.8 Å². The predicted octanol–water partition coefficient (Wildman–Crippen LogP) is 1.76. The molecule has 0 N–H and O–H groups in total. The van der Waals surface area contributed by atoms with Crippen LogP contribution in [0.2, 0.25) is 0 Å². The van der Waals surface area contributed by atoms with Crippen LogP contribution in [0.5, 0.6) is 0 Å². The number of alkyl halides is 1. The van der Waals surface area contributed by atoms with E-state index in [-0.39, 0.29) is 6.10 Å². The topological polar surface area (TPSA) is 64.6 Å². The molecule has 0 aromatic rings. The first-order chi connectivity index (χ1) is 12.1. The molecule has 0 radical (unpaired) electrons. The van der Waals surface area contributed by atoms with Crippen molar-refractivity contribution in [1.82, 2.24) is 0 Å². The van der Waals surface area contributed by atoms with Gasteiger partial charge in [-0.3, -0.25) is 0 Å². The molecular formula is C17H31BrO7. The number of rotatable bonds is 13. The van der Waals surface area contributed by atoms with E-state index in [1.807, 2.05) is 13.8 Å². The highest BCUT2D eigenvalue weighted by molar-refractivity contribution is 9.09. The predicted molar refractivity (Wildman–Crippen MR) is 95.3 cm³/mol. The quantitative estimate of drug-likeness (QED) is 0.328.